The first-order valence-electron chi connectivity index (χ1n) is 10.6. The fourth-order valence-corrected chi connectivity index (χ4v) is 3.30. The number of alkyl halides is 3. The lowest BCUT2D eigenvalue weighted by atomic mass is 10.1. The highest BCUT2D eigenvalue weighted by atomic mass is 19.4. The number of hydrogen-bond donors (Lipinski definition) is 2. The largest absolute Gasteiger partial charge is 0.497 e. The van der Waals surface area contributed by atoms with Crippen LogP contribution in [0.3, 0.4) is 0 Å². The SMILES string of the molecule is COc1cc(NC(=O)C=Cc2cccc(Oc3ccnc(C4=NCCN4)c3)c2)cc(C(F)(F)F)c1. The summed E-state index contributed by atoms with van der Waals surface area (Å²) in [5.74, 6) is 1.22. The van der Waals surface area contributed by atoms with Crippen molar-refractivity contribution in [2.45, 2.75) is 6.18 Å². The Labute approximate surface area is 199 Å². The second-order valence-electron chi connectivity index (χ2n) is 7.48. The molecule has 10 heteroatoms. The molecule has 0 aliphatic carbocycles. The summed E-state index contributed by atoms with van der Waals surface area (Å²) in [5, 5.41) is 5.58. The molecule has 180 valence electrons. The first kappa shape index (κ1) is 23.8. The quantitative estimate of drug-likeness (QED) is 0.468. The molecule has 3 aromatic rings. The summed E-state index contributed by atoms with van der Waals surface area (Å²) in [7, 11) is 1.25. The topological polar surface area (TPSA) is 84.8 Å². The summed E-state index contributed by atoms with van der Waals surface area (Å²) in [6.45, 7) is 1.47. The van der Waals surface area contributed by atoms with Crippen LogP contribution < -0.4 is 20.1 Å². The van der Waals surface area contributed by atoms with Gasteiger partial charge in [-0.1, -0.05) is 12.1 Å². The van der Waals surface area contributed by atoms with Crippen molar-refractivity contribution in [3.8, 4) is 17.2 Å². The van der Waals surface area contributed by atoms with E-state index in [-0.39, 0.29) is 11.4 Å². The maximum absolute atomic E-state index is 13.1. The molecule has 0 atom stereocenters. The Morgan fingerprint density at radius 1 is 1.09 bits per heavy atom. The van der Waals surface area contributed by atoms with Crippen molar-refractivity contribution in [3.05, 3.63) is 83.7 Å². The van der Waals surface area contributed by atoms with Crippen LogP contribution in [-0.2, 0) is 11.0 Å². The van der Waals surface area contributed by atoms with Crippen molar-refractivity contribution < 1.29 is 27.4 Å². The van der Waals surface area contributed by atoms with E-state index in [0.717, 1.165) is 24.5 Å². The van der Waals surface area contributed by atoms with Crippen LogP contribution in [0.5, 0.6) is 17.2 Å². The molecule has 4 rings (SSSR count). The Bertz CT molecular complexity index is 1290. The Hall–Kier alpha value is -4.34. The molecule has 1 aliphatic rings. The van der Waals surface area contributed by atoms with E-state index in [1.165, 1.54) is 25.3 Å². The molecule has 0 radical (unpaired) electrons. The number of hydrogen-bond acceptors (Lipinski definition) is 6. The van der Waals surface area contributed by atoms with Gasteiger partial charge in [0.15, 0.2) is 0 Å². The molecule has 1 amide bonds. The molecule has 0 fully saturated rings. The number of aromatic nitrogens is 1. The van der Waals surface area contributed by atoms with Gasteiger partial charge in [0.1, 0.15) is 28.8 Å². The standard InChI is InChI=1S/C25H21F3N4O3/c1-34-21-13-17(25(26,27)28)12-18(14-21)32-23(33)6-5-16-3-2-4-19(11-16)35-20-7-8-29-22(15-20)24-30-9-10-31-24/h2-8,11-15H,9-10H2,1H3,(H,30,31)(H,32,33). The zero-order valence-electron chi connectivity index (χ0n) is 18.6. The number of amidine groups is 1. The van der Waals surface area contributed by atoms with Gasteiger partial charge in [0.2, 0.25) is 5.91 Å². The maximum Gasteiger partial charge on any atom is 0.416 e. The number of methoxy groups -OCH3 is 1. The molecule has 0 spiro atoms. The molecule has 0 saturated carbocycles. The molecule has 0 saturated heterocycles. The molecular formula is C25H21F3N4O3. The number of nitrogens with one attached hydrogen (secondary N) is 2. The summed E-state index contributed by atoms with van der Waals surface area (Å²) >= 11 is 0. The van der Waals surface area contributed by atoms with Gasteiger partial charge in [0.05, 0.1) is 19.2 Å². The molecule has 1 aliphatic heterocycles. The van der Waals surface area contributed by atoms with Gasteiger partial charge in [-0.2, -0.15) is 13.2 Å². The Balaban J connectivity index is 1.43. The van der Waals surface area contributed by atoms with Gasteiger partial charge in [-0.25, -0.2) is 0 Å². The summed E-state index contributed by atoms with van der Waals surface area (Å²) < 4.78 is 50.1. The normalized spacial score (nSPS) is 13.3. The van der Waals surface area contributed by atoms with E-state index in [1.807, 2.05) is 0 Å². The van der Waals surface area contributed by atoms with Crippen molar-refractivity contribution in [2.24, 2.45) is 4.99 Å². The minimum atomic E-state index is -4.57. The number of carbonyl (C=O) groups excluding carboxylic acids is 1. The van der Waals surface area contributed by atoms with Crippen LogP contribution in [0.15, 0.2) is 71.9 Å². The molecule has 1 aromatic heterocycles. The highest BCUT2D eigenvalue weighted by molar-refractivity contribution is 6.02. The minimum absolute atomic E-state index is 0.0148. The maximum atomic E-state index is 13.1. The van der Waals surface area contributed by atoms with E-state index in [4.69, 9.17) is 9.47 Å². The lowest BCUT2D eigenvalue weighted by Crippen LogP contribution is -2.20. The van der Waals surface area contributed by atoms with Gasteiger partial charge in [0, 0.05) is 36.6 Å². The van der Waals surface area contributed by atoms with Gasteiger partial charge in [0.25, 0.3) is 0 Å². The smallest absolute Gasteiger partial charge is 0.416 e. The van der Waals surface area contributed by atoms with E-state index in [0.29, 0.717) is 29.3 Å². The number of carbonyl (C=O) groups is 1. The van der Waals surface area contributed by atoms with Crippen LogP contribution >= 0.6 is 0 Å². The number of nitrogens with zero attached hydrogens (tertiary/aromatic N) is 2. The van der Waals surface area contributed by atoms with Gasteiger partial charge in [-0.3, -0.25) is 14.8 Å². The molecule has 0 bridgehead atoms. The van der Waals surface area contributed by atoms with Crippen molar-refractivity contribution >= 4 is 23.5 Å². The fraction of sp³-hybridized carbons (Fsp3) is 0.160. The molecule has 7 nitrogen and oxygen atoms in total. The number of anilines is 1. The molecule has 2 aromatic carbocycles. The Kier molecular flexibility index (Phi) is 7.00. The van der Waals surface area contributed by atoms with E-state index in [2.05, 4.69) is 20.6 Å². The second-order valence-corrected chi connectivity index (χ2v) is 7.48. The second kappa shape index (κ2) is 10.3. The van der Waals surface area contributed by atoms with Crippen LogP contribution in [0, 0.1) is 0 Å². The van der Waals surface area contributed by atoms with E-state index in [9.17, 15) is 18.0 Å². The van der Waals surface area contributed by atoms with Crippen molar-refractivity contribution in [1.29, 1.82) is 0 Å². The van der Waals surface area contributed by atoms with Crippen LogP contribution in [0.4, 0.5) is 18.9 Å². The first-order valence-corrected chi connectivity index (χ1v) is 10.6. The van der Waals surface area contributed by atoms with Crippen molar-refractivity contribution in [2.75, 3.05) is 25.5 Å². The molecule has 0 unspecified atom stereocenters. The number of rotatable bonds is 7. The van der Waals surface area contributed by atoms with E-state index in [1.54, 1.807) is 42.6 Å². The van der Waals surface area contributed by atoms with Crippen LogP contribution in [0.2, 0.25) is 0 Å². The fourth-order valence-electron chi connectivity index (χ4n) is 3.30. The van der Waals surface area contributed by atoms with Crippen LogP contribution in [0.25, 0.3) is 6.08 Å². The monoisotopic (exact) mass is 482 g/mol. The number of amides is 1. The third-order valence-electron chi connectivity index (χ3n) is 4.91. The summed E-state index contributed by atoms with van der Waals surface area (Å²) in [4.78, 5) is 20.9. The first-order chi connectivity index (χ1) is 16.8. The average Bonchev–Trinajstić information content (AvgIpc) is 3.38. The minimum Gasteiger partial charge on any atom is -0.497 e. The highest BCUT2D eigenvalue weighted by Crippen LogP contribution is 2.34. The predicted octanol–water partition coefficient (Wildman–Crippen LogP) is 4.90. The predicted molar refractivity (Wildman–Crippen MR) is 126 cm³/mol. The highest BCUT2D eigenvalue weighted by Gasteiger charge is 2.31. The van der Waals surface area contributed by atoms with Gasteiger partial charge < -0.3 is 20.1 Å². The number of ether oxygens (including phenoxy) is 2. The number of pyridine rings is 1. The van der Waals surface area contributed by atoms with Gasteiger partial charge >= 0.3 is 6.18 Å². The van der Waals surface area contributed by atoms with Crippen molar-refractivity contribution in [1.82, 2.24) is 10.3 Å². The lowest BCUT2D eigenvalue weighted by molar-refractivity contribution is -0.137. The van der Waals surface area contributed by atoms with Gasteiger partial charge in [-0.15, -0.1) is 0 Å². The summed E-state index contributed by atoms with van der Waals surface area (Å²) in [6, 6.07) is 13.5. The Morgan fingerprint density at radius 3 is 2.66 bits per heavy atom. The van der Waals surface area contributed by atoms with Crippen LogP contribution in [-0.4, -0.2) is 36.9 Å². The molecule has 2 heterocycles. The van der Waals surface area contributed by atoms with Crippen LogP contribution in [0.1, 0.15) is 16.8 Å². The Morgan fingerprint density at radius 2 is 1.91 bits per heavy atom. The van der Waals surface area contributed by atoms with E-state index >= 15 is 0 Å². The summed E-state index contributed by atoms with van der Waals surface area (Å²) in [5.41, 5.74) is 0.392. The third-order valence-corrected chi connectivity index (χ3v) is 4.91. The lowest BCUT2D eigenvalue weighted by Gasteiger charge is -2.12. The number of benzene rings is 2. The summed E-state index contributed by atoms with van der Waals surface area (Å²) in [6.07, 6.45) is -0.187. The average molecular weight is 482 g/mol. The number of aliphatic imine (C=N–C) groups is 1. The van der Waals surface area contributed by atoms with Crippen molar-refractivity contribution in [3.63, 3.8) is 0 Å². The molecule has 35 heavy (non-hydrogen) atoms. The zero-order chi connectivity index (χ0) is 24.8. The molecule has 2 N–H and O–H groups in total. The van der Waals surface area contributed by atoms with E-state index < -0.39 is 17.6 Å². The van der Waals surface area contributed by atoms with Gasteiger partial charge in [-0.05, 0) is 42.0 Å². The number of halogens is 3. The molecular weight excluding hydrogens is 461 g/mol. The third kappa shape index (κ3) is 6.38. The zero-order valence-corrected chi connectivity index (χ0v) is 18.6.